The molecule has 16 heavy (non-hydrogen) atoms. The summed E-state index contributed by atoms with van der Waals surface area (Å²) in [6, 6.07) is 6.95. The molecule has 0 fully saturated rings. The summed E-state index contributed by atoms with van der Waals surface area (Å²) < 4.78 is 4.23. The predicted molar refractivity (Wildman–Crippen MR) is 58.8 cm³/mol. The van der Waals surface area contributed by atoms with E-state index in [0.29, 0.717) is 5.56 Å². The summed E-state index contributed by atoms with van der Waals surface area (Å²) in [5.41, 5.74) is 1.43. The number of ether oxygens (including phenoxy) is 1. The largest absolute Gasteiger partial charge is 0.507 e. The molecule has 1 rings (SSSR count). The first kappa shape index (κ1) is 12.0. The maximum Gasteiger partial charge on any atom is 0.378 e. The summed E-state index contributed by atoms with van der Waals surface area (Å²) >= 11 is 0. The Balaban J connectivity index is 2.93. The van der Waals surface area contributed by atoms with Gasteiger partial charge in [0.1, 0.15) is 5.76 Å². The Hall–Kier alpha value is -2.10. The molecule has 4 heteroatoms. The van der Waals surface area contributed by atoms with Gasteiger partial charge in [0.25, 0.3) is 5.78 Å². The SMILES string of the molecule is COC(=O)C(=O)C=C(O)c1cccc(C)c1. The second-order valence-electron chi connectivity index (χ2n) is 3.25. The van der Waals surface area contributed by atoms with Crippen molar-refractivity contribution >= 4 is 17.5 Å². The molecule has 0 saturated carbocycles. The Kier molecular flexibility index (Phi) is 3.83. The molecule has 0 aliphatic carbocycles. The number of esters is 1. The Morgan fingerprint density at radius 1 is 1.38 bits per heavy atom. The molecule has 1 aromatic rings. The minimum Gasteiger partial charge on any atom is -0.507 e. The molecule has 4 nitrogen and oxygen atoms in total. The summed E-state index contributed by atoms with van der Waals surface area (Å²) in [7, 11) is 1.11. The lowest BCUT2D eigenvalue weighted by atomic mass is 10.1. The number of aliphatic hydroxyl groups is 1. The molecule has 0 spiro atoms. The Labute approximate surface area is 93.2 Å². The van der Waals surface area contributed by atoms with Gasteiger partial charge in [-0.2, -0.15) is 0 Å². The number of aryl methyl sites for hydroxylation is 1. The maximum absolute atomic E-state index is 11.1. The van der Waals surface area contributed by atoms with Gasteiger partial charge < -0.3 is 9.84 Å². The second kappa shape index (κ2) is 5.11. The number of carbonyl (C=O) groups is 2. The molecule has 0 heterocycles. The van der Waals surface area contributed by atoms with Gasteiger partial charge in [-0.05, 0) is 13.0 Å². The van der Waals surface area contributed by atoms with Crippen molar-refractivity contribution in [3.63, 3.8) is 0 Å². The fourth-order valence-corrected chi connectivity index (χ4v) is 1.17. The molecule has 0 aliphatic heterocycles. The monoisotopic (exact) mass is 220 g/mol. The second-order valence-corrected chi connectivity index (χ2v) is 3.25. The van der Waals surface area contributed by atoms with Crippen LogP contribution in [0.5, 0.6) is 0 Å². The zero-order valence-electron chi connectivity index (χ0n) is 9.06. The van der Waals surface area contributed by atoms with Crippen molar-refractivity contribution in [1.29, 1.82) is 0 Å². The normalized spacial score (nSPS) is 11.0. The summed E-state index contributed by atoms with van der Waals surface area (Å²) in [5, 5.41) is 9.59. The summed E-state index contributed by atoms with van der Waals surface area (Å²) in [5.74, 6) is -2.14. The molecule has 0 atom stereocenters. The third kappa shape index (κ3) is 2.95. The molecule has 0 radical (unpaired) electrons. The zero-order valence-corrected chi connectivity index (χ0v) is 9.06. The van der Waals surface area contributed by atoms with Gasteiger partial charge in [-0.25, -0.2) is 4.79 Å². The van der Waals surface area contributed by atoms with Gasteiger partial charge in [-0.15, -0.1) is 0 Å². The minimum absolute atomic E-state index is 0.251. The van der Waals surface area contributed by atoms with Crippen molar-refractivity contribution in [2.45, 2.75) is 6.92 Å². The number of ketones is 1. The van der Waals surface area contributed by atoms with Crippen LogP contribution < -0.4 is 0 Å². The predicted octanol–water partition coefficient (Wildman–Crippen LogP) is 1.64. The molecule has 1 aromatic carbocycles. The highest BCUT2D eigenvalue weighted by atomic mass is 16.5. The van der Waals surface area contributed by atoms with E-state index in [0.717, 1.165) is 18.7 Å². The van der Waals surface area contributed by atoms with E-state index in [1.54, 1.807) is 18.2 Å². The average Bonchev–Trinajstić information content (AvgIpc) is 2.27. The Morgan fingerprint density at radius 2 is 2.06 bits per heavy atom. The average molecular weight is 220 g/mol. The van der Waals surface area contributed by atoms with E-state index in [1.165, 1.54) is 0 Å². The van der Waals surface area contributed by atoms with Crippen molar-refractivity contribution in [3.05, 3.63) is 41.5 Å². The van der Waals surface area contributed by atoms with Crippen LogP contribution in [0.3, 0.4) is 0 Å². The van der Waals surface area contributed by atoms with Crippen LogP contribution in [0.25, 0.3) is 5.76 Å². The molecule has 0 amide bonds. The lowest BCUT2D eigenvalue weighted by Gasteiger charge is -2.01. The topological polar surface area (TPSA) is 63.6 Å². The van der Waals surface area contributed by atoms with Crippen LogP contribution in [-0.2, 0) is 14.3 Å². The summed E-state index contributed by atoms with van der Waals surface area (Å²) in [6.45, 7) is 1.86. The Morgan fingerprint density at radius 3 is 2.62 bits per heavy atom. The highest BCUT2D eigenvalue weighted by Crippen LogP contribution is 2.12. The van der Waals surface area contributed by atoms with Gasteiger partial charge >= 0.3 is 5.97 Å². The van der Waals surface area contributed by atoms with E-state index >= 15 is 0 Å². The van der Waals surface area contributed by atoms with Crippen molar-refractivity contribution in [2.24, 2.45) is 0 Å². The van der Waals surface area contributed by atoms with Crippen LogP contribution in [0.2, 0.25) is 0 Å². The summed E-state index contributed by atoms with van der Waals surface area (Å²) in [6.07, 6.45) is 0.848. The minimum atomic E-state index is -1.00. The van der Waals surface area contributed by atoms with Gasteiger partial charge in [-0.3, -0.25) is 4.79 Å². The molecule has 0 unspecified atom stereocenters. The van der Waals surface area contributed by atoms with Crippen LogP contribution in [0.4, 0.5) is 0 Å². The molecule has 0 bridgehead atoms. The van der Waals surface area contributed by atoms with Gasteiger partial charge in [0.05, 0.1) is 7.11 Å². The number of carbonyl (C=O) groups excluding carboxylic acids is 2. The number of hydrogen-bond donors (Lipinski definition) is 1. The van der Waals surface area contributed by atoms with E-state index in [9.17, 15) is 14.7 Å². The molecule has 0 aliphatic rings. The van der Waals surface area contributed by atoms with Crippen molar-refractivity contribution in [3.8, 4) is 0 Å². The lowest BCUT2D eigenvalue weighted by molar-refractivity contribution is -0.149. The van der Waals surface area contributed by atoms with Gasteiger partial charge in [-0.1, -0.05) is 23.8 Å². The van der Waals surface area contributed by atoms with Crippen LogP contribution in [-0.4, -0.2) is 24.0 Å². The first-order valence-electron chi connectivity index (χ1n) is 4.64. The van der Waals surface area contributed by atoms with Crippen LogP contribution >= 0.6 is 0 Å². The fraction of sp³-hybridized carbons (Fsp3) is 0.167. The van der Waals surface area contributed by atoms with Crippen LogP contribution in [0.15, 0.2) is 30.3 Å². The third-order valence-electron chi connectivity index (χ3n) is 1.97. The van der Waals surface area contributed by atoms with Gasteiger partial charge in [0.15, 0.2) is 0 Å². The molecular formula is C12H12O4. The number of benzene rings is 1. The van der Waals surface area contributed by atoms with Crippen molar-refractivity contribution in [2.75, 3.05) is 7.11 Å². The smallest absolute Gasteiger partial charge is 0.378 e. The highest BCUT2D eigenvalue weighted by molar-refractivity contribution is 6.39. The number of aliphatic hydroxyl groups excluding tert-OH is 1. The summed E-state index contributed by atoms with van der Waals surface area (Å²) in [4.78, 5) is 21.9. The number of methoxy groups -OCH3 is 1. The van der Waals surface area contributed by atoms with E-state index in [2.05, 4.69) is 4.74 Å². The van der Waals surface area contributed by atoms with Crippen molar-refractivity contribution < 1.29 is 19.4 Å². The quantitative estimate of drug-likeness (QED) is 0.364. The molecule has 0 aromatic heterocycles. The number of rotatable bonds is 3. The Bertz CT molecular complexity index is 446. The number of hydrogen-bond acceptors (Lipinski definition) is 4. The van der Waals surface area contributed by atoms with Crippen molar-refractivity contribution in [1.82, 2.24) is 0 Å². The van der Waals surface area contributed by atoms with E-state index in [1.807, 2.05) is 13.0 Å². The molecule has 1 N–H and O–H groups in total. The first-order chi connectivity index (χ1) is 7.54. The molecular weight excluding hydrogens is 208 g/mol. The lowest BCUT2D eigenvalue weighted by Crippen LogP contribution is -2.13. The van der Waals surface area contributed by atoms with Crippen LogP contribution in [0.1, 0.15) is 11.1 Å². The first-order valence-corrected chi connectivity index (χ1v) is 4.64. The van der Waals surface area contributed by atoms with E-state index < -0.39 is 11.8 Å². The third-order valence-corrected chi connectivity index (χ3v) is 1.97. The maximum atomic E-state index is 11.1. The van der Waals surface area contributed by atoms with Gasteiger partial charge in [0.2, 0.25) is 0 Å². The molecule has 0 saturated heterocycles. The fourth-order valence-electron chi connectivity index (χ4n) is 1.17. The van der Waals surface area contributed by atoms with E-state index in [-0.39, 0.29) is 5.76 Å². The van der Waals surface area contributed by atoms with Crippen LogP contribution in [0, 0.1) is 6.92 Å². The van der Waals surface area contributed by atoms with E-state index in [4.69, 9.17) is 0 Å². The molecule has 84 valence electrons. The van der Waals surface area contributed by atoms with Gasteiger partial charge in [0, 0.05) is 11.6 Å². The highest BCUT2D eigenvalue weighted by Gasteiger charge is 2.12. The zero-order chi connectivity index (χ0) is 12.1. The standard InChI is InChI=1S/C12H12O4/c1-8-4-3-5-9(6-8)10(13)7-11(14)12(15)16-2/h3-7,13H,1-2H3.